The highest BCUT2D eigenvalue weighted by Gasteiger charge is 2.51. The van der Waals surface area contributed by atoms with Gasteiger partial charge in [0.15, 0.2) is 0 Å². The molecule has 6 heteroatoms. The fraction of sp³-hybridized carbons (Fsp3) is 0.455. The Morgan fingerprint density at radius 3 is 2.75 bits per heavy atom. The smallest absolute Gasteiger partial charge is 0.319 e. The molecule has 2 fully saturated rings. The van der Waals surface area contributed by atoms with Crippen LogP contribution in [0.3, 0.4) is 0 Å². The zero-order chi connectivity index (χ0) is 19.6. The lowest BCUT2D eigenvalue weighted by molar-refractivity contribution is 0.0790. The molecular weight excluding hydrogens is 370 g/mol. The number of carbonyl (C=O) groups is 2. The third-order valence-corrected chi connectivity index (χ3v) is 7.10. The number of nitrogens with zero attached hydrogens (tertiary/aromatic N) is 1. The first-order valence-corrected chi connectivity index (χ1v) is 10.9. The molecule has 2 saturated carbocycles. The Morgan fingerprint density at radius 2 is 2.00 bits per heavy atom. The van der Waals surface area contributed by atoms with Crippen molar-refractivity contribution in [2.45, 2.75) is 38.6 Å². The normalized spacial score (nSPS) is 19.4. The van der Waals surface area contributed by atoms with Gasteiger partial charge in [0.05, 0.1) is 4.88 Å². The highest BCUT2D eigenvalue weighted by molar-refractivity contribution is 7.12. The van der Waals surface area contributed by atoms with Crippen molar-refractivity contribution in [3.8, 4) is 0 Å². The molecule has 1 atom stereocenters. The zero-order valence-electron chi connectivity index (χ0n) is 16.2. The summed E-state index contributed by atoms with van der Waals surface area (Å²) in [5.41, 5.74) is 2.21. The molecule has 1 spiro atoms. The van der Waals surface area contributed by atoms with Crippen LogP contribution < -0.4 is 10.6 Å². The van der Waals surface area contributed by atoms with E-state index >= 15 is 0 Å². The summed E-state index contributed by atoms with van der Waals surface area (Å²) < 4.78 is 0. The summed E-state index contributed by atoms with van der Waals surface area (Å²) in [4.78, 5) is 27.4. The summed E-state index contributed by atoms with van der Waals surface area (Å²) in [7, 11) is 1.79. The van der Waals surface area contributed by atoms with Gasteiger partial charge in [-0.2, -0.15) is 0 Å². The topological polar surface area (TPSA) is 61.4 Å². The molecule has 0 saturated heterocycles. The van der Waals surface area contributed by atoms with Gasteiger partial charge in [-0.1, -0.05) is 30.7 Å². The fourth-order valence-electron chi connectivity index (χ4n) is 4.43. The standard InChI is InChI=1S/C22H27N3O2S/c1-25(20(26)19-9-5-13-28-19)15-16-6-2-3-8-18(16)24-21(27)23-14-17-7-4-10-22(17)11-12-22/h2-3,5-6,8-9,13,17H,4,7,10-12,14-15H2,1H3,(H2,23,24,27). The van der Waals surface area contributed by atoms with Crippen LogP contribution in [0.4, 0.5) is 10.5 Å². The van der Waals surface area contributed by atoms with Crippen LogP contribution in [0.1, 0.15) is 47.3 Å². The quantitative estimate of drug-likeness (QED) is 0.741. The van der Waals surface area contributed by atoms with Crippen molar-refractivity contribution >= 4 is 29.0 Å². The van der Waals surface area contributed by atoms with E-state index in [1.54, 1.807) is 11.9 Å². The molecule has 0 radical (unpaired) electrons. The SMILES string of the molecule is CN(Cc1ccccc1NC(=O)NCC1CCCC12CC2)C(=O)c1cccs1. The second-order valence-corrected chi connectivity index (χ2v) is 9.03. The van der Waals surface area contributed by atoms with Crippen molar-refractivity contribution in [3.05, 3.63) is 52.2 Å². The minimum Gasteiger partial charge on any atom is -0.338 e. The van der Waals surface area contributed by atoms with Gasteiger partial charge < -0.3 is 15.5 Å². The van der Waals surface area contributed by atoms with Crippen LogP contribution >= 0.6 is 11.3 Å². The summed E-state index contributed by atoms with van der Waals surface area (Å²) in [6, 6.07) is 11.2. The second-order valence-electron chi connectivity index (χ2n) is 8.08. The third-order valence-electron chi connectivity index (χ3n) is 6.25. The maximum atomic E-state index is 12.5. The number of para-hydroxylation sites is 1. The molecule has 0 bridgehead atoms. The molecule has 2 aromatic rings. The molecule has 28 heavy (non-hydrogen) atoms. The first-order chi connectivity index (χ1) is 13.6. The van der Waals surface area contributed by atoms with Crippen molar-refractivity contribution in [2.24, 2.45) is 11.3 Å². The summed E-state index contributed by atoms with van der Waals surface area (Å²) in [6.45, 7) is 1.20. The first kappa shape index (κ1) is 19.0. The van der Waals surface area contributed by atoms with Gasteiger partial charge in [-0.3, -0.25) is 4.79 Å². The maximum Gasteiger partial charge on any atom is 0.319 e. The number of rotatable bonds is 6. The number of benzene rings is 1. The maximum absolute atomic E-state index is 12.5. The van der Waals surface area contributed by atoms with Crippen molar-refractivity contribution in [1.29, 1.82) is 0 Å². The van der Waals surface area contributed by atoms with Gasteiger partial charge in [-0.15, -0.1) is 11.3 Å². The van der Waals surface area contributed by atoms with Crippen LogP contribution in [0.2, 0.25) is 0 Å². The molecule has 3 amide bonds. The Bertz CT molecular complexity index is 845. The van der Waals surface area contributed by atoms with E-state index in [2.05, 4.69) is 10.6 Å². The van der Waals surface area contributed by atoms with Crippen LogP contribution in [0, 0.1) is 11.3 Å². The van der Waals surface area contributed by atoms with Crippen molar-refractivity contribution in [2.75, 3.05) is 18.9 Å². The third kappa shape index (κ3) is 4.07. The van der Waals surface area contributed by atoms with E-state index in [1.807, 2.05) is 41.8 Å². The Balaban J connectivity index is 1.34. The number of urea groups is 1. The predicted octanol–water partition coefficient (Wildman–Crippen LogP) is 4.72. The second kappa shape index (κ2) is 7.95. The lowest BCUT2D eigenvalue weighted by Gasteiger charge is -2.21. The monoisotopic (exact) mass is 397 g/mol. The number of amides is 3. The highest BCUT2D eigenvalue weighted by Crippen LogP contribution is 2.60. The molecule has 1 unspecified atom stereocenters. The van der Waals surface area contributed by atoms with Gasteiger partial charge >= 0.3 is 6.03 Å². The fourth-order valence-corrected chi connectivity index (χ4v) is 5.14. The van der Waals surface area contributed by atoms with Crippen LogP contribution in [0.25, 0.3) is 0 Å². The molecule has 2 N–H and O–H groups in total. The van der Waals surface area contributed by atoms with E-state index < -0.39 is 0 Å². The van der Waals surface area contributed by atoms with Gasteiger partial charge in [0.2, 0.25) is 0 Å². The number of carbonyl (C=O) groups excluding carboxylic acids is 2. The van der Waals surface area contributed by atoms with Crippen LogP contribution in [-0.2, 0) is 6.54 Å². The predicted molar refractivity (Wildman–Crippen MR) is 113 cm³/mol. The van der Waals surface area contributed by atoms with E-state index in [0.29, 0.717) is 17.9 Å². The van der Waals surface area contributed by atoms with Crippen molar-refractivity contribution in [1.82, 2.24) is 10.2 Å². The summed E-state index contributed by atoms with van der Waals surface area (Å²) in [5.74, 6) is 0.619. The van der Waals surface area contributed by atoms with E-state index in [9.17, 15) is 9.59 Å². The largest absolute Gasteiger partial charge is 0.338 e. The lowest BCUT2D eigenvalue weighted by atomic mass is 9.93. The van der Waals surface area contributed by atoms with E-state index in [0.717, 1.165) is 22.7 Å². The Hall–Kier alpha value is -2.34. The number of thiophene rings is 1. The Labute approximate surface area is 170 Å². The molecular formula is C22H27N3O2S. The molecule has 1 heterocycles. The average molecular weight is 398 g/mol. The number of hydrogen-bond acceptors (Lipinski definition) is 3. The highest BCUT2D eigenvalue weighted by atomic mass is 32.1. The number of anilines is 1. The molecule has 1 aromatic heterocycles. The molecule has 0 aliphatic heterocycles. The summed E-state index contributed by atoms with van der Waals surface area (Å²) in [6.07, 6.45) is 6.51. The van der Waals surface area contributed by atoms with Crippen molar-refractivity contribution in [3.63, 3.8) is 0 Å². The van der Waals surface area contributed by atoms with E-state index in [4.69, 9.17) is 0 Å². The van der Waals surface area contributed by atoms with E-state index in [-0.39, 0.29) is 11.9 Å². The Kier molecular flexibility index (Phi) is 5.40. The average Bonchev–Trinajstić information content (AvgIpc) is 3.10. The summed E-state index contributed by atoms with van der Waals surface area (Å²) in [5, 5.41) is 7.94. The van der Waals surface area contributed by atoms with Gasteiger partial charge in [0, 0.05) is 25.8 Å². The zero-order valence-corrected chi connectivity index (χ0v) is 17.1. The van der Waals surface area contributed by atoms with Gasteiger partial charge in [0.1, 0.15) is 0 Å². The molecule has 148 valence electrons. The molecule has 5 nitrogen and oxygen atoms in total. The lowest BCUT2D eigenvalue weighted by Crippen LogP contribution is -2.35. The first-order valence-electron chi connectivity index (χ1n) is 9.99. The minimum absolute atomic E-state index is 0.00906. The Morgan fingerprint density at radius 1 is 1.18 bits per heavy atom. The van der Waals surface area contributed by atoms with Crippen LogP contribution in [0.5, 0.6) is 0 Å². The summed E-state index contributed by atoms with van der Waals surface area (Å²) >= 11 is 1.44. The van der Waals surface area contributed by atoms with E-state index in [1.165, 1.54) is 43.4 Å². The van der Waals surface area contributed by atoms with Gasteiger partial charge in [-0.25, -0.2) is 4.79 Å². The van der Waals surface area contributed by atoms with Crippen LogP contribution in [-0.4, -0.2) is 30.4 Å². The molecule has 2 aliphatic carbocycles. The number of nitrogens with one attached hydrogen (secondary N) is 2. The molecule has 1 aromatic carbocycles. The molecule has 2 aliphatic rings. The van der Waals surface area contributed by atoms with Crippen molar-refractivity contribution < 1.29 is 9.59 Å². The van der Waals surface area contributed by atoms with Gasteiger partial charge in [0.25, 0.3) is 5.91 Å². The van der Waals surface area contributed by atoms with Gasteiger partial charge in [-0.05, 0) is 60.1 Å². The van der Waals surface area contributed by atoms with Crippen LogP contribution in [0.15, 0.2) is 41.8 Å². The number of hydrogen-bond donors (Lipinski definition) is 2. The minimum atomic E-state index is -0.164. The molecule has 4 rings (SSSR count).